The number of urea groups is 1. The lowest BCUT2D eigenvalue weighted by Crippen LogP contribution is -2.60. The number of aliphatic hydroxyl groups is 2. The molecule has 2 saturated carbocycles. The number of aromatic amines is 7. The van der Waals surface area contributed by atoms with E-state index in [1.54, 1.807) is 13.1 Å². The average molecular weight is 1950 g/mol. The smallest absolute Gasteiger partial charge is 0.325 e. The Bertz CT molecular complexity index is 6370. The van der Waals surface area contributed by atoms with Crippen molar-refractivity contribution in [2.45, 2.75) is 152 Å². The number of carbonyl (C=O) groups excluding carboxylic acids is 3. The van der Waals surface area contributed by atoms with Gasteiger partial charge >= 0.3 is 6.03 Å². The number of piperidine rings is 1. The predicted molar refractivity (Wildman–Crippen MR) is 519 cm³/mol. The number of halogens is 6. The van der Waals surface area contributed by atoms with E-state index in [0.29, 0.717) is 70.7 Å². The number of imide groups is 1. The van der Waals surface area contributed by atoms with E-state index < -0.39 is 31.6 Å². The highest BCUT2D eigenvalue weighted by Gasteiger charge is 2.52. The molecule has 6 aromatic carbocycles. The predicted octanol–water partition coefficient (Wildman–Crippen LogP) is 13.5. The molecule has 4 atom stereocenters. The fraction of sp³-hybridized carbons (Fsp3) is 0.461. The molecule has 7 aliphatic rings. The zero-order valence-corrected chi connectivity index (χ0v) is 80.1. The molecule has 0 bridgehead atoms. The number of sulfonamides is 2. The van der Waals surface area contributed by atoms with Crippen LogP contribution in [0.1, 0.15) is 133 Å². The Morgan fingerprint density at radius 1 is 0.443 bits per heavy atom. The molecule has 0 radical (unpaired) electrons. The Labute approximate surface area is 789 Å². The molecule has 700 valence electrons. The molecule has 2 aliphatic carbocycles. The number of aromatic nitrogens is 14. The van der Waals surface area contributed by atoms with E-state index in [1.165, 1.54) is 30.4 Å². The summed E-state index contributed by atoms with van der Waals surface area (Å²) < 4.78 is 49.7. The van der Waals surface area contributed by atoms with Gasteiger partial charge in [-0.3, -0.25) is 60.0 Å². The van der Waals surface area contributed by atoms with Crippen LogP contribution in [0.5, 0.6) is 0 Å². The number of benzene rings is 6. The minimum absolute atomic E-state index is 0.00681. The second-order valence-corrected chi connectivity index (χ2v) is 42.1. The first-order valence-electron chi connectivity index (χ1n) is 43.9. The maximum atomic E-state index is 12.9. The number of nitrogens with zero attached hydrogens (tertiary/aromatic N) is 14. The highest BCUT2D eigenvalue weighted by Crippen LogP contribution is 2.43. The van der Waals surface area contributed by atoms with E-state index in [2.05, 4.69) is 149 Å². The van der Waals surface area contributed by atoms with Gasteiger partial charge in [-0.1, -0.05) is 95.3 Å². The SMILES string of the molecule is CC(=O)NCCN1CCN(c2cc(Cl)cc3[nH]ncc23)CC1(C)C.CC1(C)CN(c2cc(Cl)cc3[nH]ncc23)CCN1CCNS(C)(=O)=O.CS(=O)(=O)NCCN1C(=O)NC2(CCN(c3cc(Cl)cc4[nH]ncc34)CC2)C1=O.Clc1cc(N2CCc3cn[nH]c3C2)c2cn[nH]c2c1.O[C@@H]1CCCC[C@@H]1c1cc(Cl)cc2[nH]ncc12.O[C@H]1CCCC[C@@H]1c1cc(Cl)cc2[nH]ncc12. The number of anilines is 4. The molecule has 13 N–H and O–H groups in total. The van der Waals surface area contributed by atoms with E-state index in [-0.39, 0.29) is 60.0 Å². The van der Waals surface area contributed by atoms with Gasteiger partial charge in [-0.05, 0) is 162 Å². The number of hydrogen-bond acceptors (Lipinski definition) is 22. The van der Waals surface area contributed by atoms with Crippen LogP contribution in [0.2, 0.25) is 30.1 Å². The van der Waals surface area contributed by atoms with Gasteiger partial charge in [0, 0.05) is 213 Å². The third-order valence-electron chi connectivity index (χ3n) is 25.8. The van der Waals surface area contributed by atoms with Crippen LogP contribution in [-0.2, 0) is 42.6 Å². The molecule has 131 heavy (non-hydrogen) atoms. The standard InChI is InChI=1S/C17H21ClN6O4S.C17H24ClN5O.C16H24ClN5O2S.C13H12ClN5.2C13H15ClN2O/c1-29(27,28)20-4-7-24-15(25)17(21-16(24)26)2-5-23(6-3-17)14-9-11(18)8-13-12(14)10-19-22-13;1-12(24)19-4-5-23-7-6-22(11-17(23,2)3)16-9-13(18)8-15-14(16)10-20-21-15;1-16(2)11-21(6-7-22(16)5-4-19-25(3,23)24)15-9-12(17)8-14-13(15)10-18-20-14;14-9-3-11-10(6-16-17-11)13(4-9)19-2-1-8-5-15-18-12(8)7-19;2*14-8-5-10(9-3-1-2-4-13(9)17)11-7-15-16-12(11)6-8/h8-10,20H,2-7H2,1H3,(H,19,22)(H,21,26);8-10H,4-7,11H2,1-3H3,(H,19,24)(H,20,21);8-10,19H,4-7,11H2,1-3H3,(H,18,20);3-6H,1-2,7H2,(H,15,18)(H,16,17);2*5-7,9,13,17H,1-4H2,(H,15,16)/t;;;;9-,13+;9-,13-/m....11/s1. The lowest BCUT2D eigenvalue weighted by atomic mass is 9.80. The van der Waals surface area contributed by atoms with Crippen LogP contribution >= 0.6 is 69.6 Å². The summed E-state index contributed by atoms with van der Waals surface area (Å²) in [5.74, 6) is 0.106. The number of nitrogens with one attached hydrogen (secondary N) is 11. The minimum Gasteiger partial charge on any atom is -0.392 e. The molecule has 12 heterocycles. The number of carbonyl (C=O) groups is 3. The van der Waals surface area contributed by atoms with Gasteiger partial charge in [0.05, 0.1) is 113 Å². The number of piperazine rings is 2. The van der Waals surface area contributed by atoms with E-state index >= 15 is 0 Å². The molecule has 0 unspecified atom stereocenters. The van der Waals surface area contributed by atoms with Crippen molar-refractivity contribution in [1.82, 2.24) is 106 Å². The number of rotatable bonds is 17. The topological polar surface area (TPSA) is 432 Å². The number of hydrogen-bond donors (Lipinski definition) is 13. The highest BCUT2D eigenvalue weighted by atomic mass is 35.5. The van der Waals surface area contributed by atoms with Crippen molar-refractivity contribution >= 4 is 196 Å². The molecule has 42 heteroatoms. The van der Waals surface area contributed by atoms with Gasteiger partial charge in [0.1, 0.15) is 5.54 Å². The summed E-state index contributed by atoms with van der Waals surface area (Å²) in [5.41, 5.74) is 13.6. The van der Waals surface area contributed by atoms with Gasteiger partial charge < -0.3 is 40.4 Å². The Morgan fingerprint density at radius 3 is 1.20 bits per heavy atom. The third kappa shape index (κ3) is 23.1. The quantitative estimate of drug-likeness (QED) is 0.0377. The van der Waals surface area contributed by atoms with E-state index in [0.717, 1.165) is 219 Å². The van der Waals surface area contributed by atoms with Crippen LogP contribution in [-0.4, -0.2) is 270 Å². The molecule has 6 fully saturated rings. The molecule has 4 saturated heterocycles. The molecule has 4 amide bonds. The highest BCUT2D eigenvalue weighted by molar-refractivity contribution is 7.89. The van der Waals surface area contributed by atoms with Gasteiger partial charge in [-0.2, -0.15) is 35.7 Å². The number of fused-ring (bicyclic) bond motifs is 7. The fourth-order valence-corrected chi connectivity index (χ4v) is 21.4. The second-order valence-electron chi connectivity index (χ2n) is 35.9. The van der Waals surface area contributed by atoms with Crippen LogP contribution in [0.4, 0.5) is 27.5 Å². The monoisotopic (exact) mass is 1950 g/mol. The molecular weight excluding hydrogens is 1840 g/mol. The first-order valence-corrected chi connectivity index (χ1v) is 50.0. The fourth-order valence-electron chi connectivity index (χ4n) is 19.2. The van der Waals surface area contributed by atoms with Crippen LogP contribution in [0.25, 0.3) is 65.4 Å². The third-order valence-corrected chi connectivity index (χ3v) is 28.5. The van der Waals surface area contributed by atoms with Gasteiger partial charge in [-0.25, -0.2) is 31.1 Å². The van der Waals surface area contributed by atoms with Crippen LogP contribution in [0, 0.1) is 0 Å². The zero-order valence-electron chi connectivity index (χ0n) is 74.0. The molecule has 34 nitrogen and oxygen atoms in total. The van der Waals surface area contributed by atoms with Crippen LogP contribution in [0.3, 0.4) is 0 Å². The first kappa shape index (κ1) is 96.0. The molecule has 13 aromatic rings. The summed E-state index contributed by atoms with van der Waals surface area (Å²) in [4.78, 5) is 51.3. The number of H-pyrrole nitrogens is 7. The summed E-state index contributed by atoms with van der Waals surface area (Å²) in [6.45, 7) is 21.2. The normalized spacial score (nSPS) is 19.9. The van der Waals surface area contributed by atoms with Crippen molar-refractivity contribution in [3.8, 4) is 0 Å². The zero-order chi connectivity index (χ0) is 92.8. The van der Waals surface area contributed by atoms with Crippen LogP contribution < -0.4 is 39.7 Å². The van der Waals surface area contributed by atoms with Crippen molar-refractivity contribution in [3.05, 3.63) is 169 Å². The van der Waals surface area contributed by atoms with Crippen molar-refractivity contribution in [2.24, 2.45) is 0 Å². The van der Waals surface area contributed by atoms with E-state index in [9.17, 15) is 41.4 Å². The van der Waals surface area contributed by atoms with Crippen LogP contribution in [0.15, 0.2) is 116 Å². The summed E-state index contributed by atoms with van der Waals surface area (Å²) in [6, 6.07) is 22.6. The van der Waals surface area contributed by atoms with Gasteiger partial charge in [0.15, 0.2) is 0 Å². The molecular formula is C89H111Cl6N25O9S2. The van der Waals surface area contributed by atoms with Crippen molar-refractivity contribution in [1.29, 1.82) is 0 Å². The Kier molecular flexibility index (Phi) is 30.1. The minimum atomic E-state index is -3.38. The van der Waals surface area contributed by atoms with Gasteiger partial charge in [0.25, 0.3) is 5.91 Å². The van der Waals surface area contributed by atoms with E-state index in [4.69, 9.17) is 69.6 Å². The molecule has 7 aromatic heterocycles. The first-order chi connectivity index (χ1) is 62.5. The summed E-state index contributed by atoms with van der Waals surface area (Å²) in [5, 5.41) is 85.9. The number of aliphatic hydroxyl groups excluding tert-OH is 2. The Hall–Kier alpha value is -9.64. The molecule has 20 rings (SSSR count). The lowest BCUT2D eigenvalue weighted by Gasteiger charge is -2.48. The summed E-state index contributed by atoms with van der Waals surface area (Å²) in [6.07, 6.45) is 24.9. The Morgan fingerprint density at radius 2 is 0.802 bits per heavy atom. The van der Waals surface area contributed by atoms with E-state index in [1.807, 2.05) is 110 Å². The van der Waals surface area contributed by atoms with Crippen molar-refractivity contribution in [3.63, 3.8) is 0 Å². The second kappa shape index (κ2) is 41.1. The van der Waals surface area contributed by atoms with Gasteiger partial charge in [-0.15, -0.1) is 0 Å². The maximum Gasteiger partial charge on any atom is 0.325 e. The van der Waals surface area contributed by atoms with Gasteiger partial charge in [0.2, 0.25) is 26.0 Å². The number of amides is 4. The molecule has 1 spiro atoms. The maximum absolute atomic E-state index is 12.9. The largest absolute Gasteiger partial charge is 0.392 e. The lowest BCUT2D eigenvalue weighted by molar-refractivity contribution is -0.132. The van der Waals surface area contributed by atoms with Crippen molar-refractivity contribution < 1.29 is 41.4 Å². The average Bonchev–Trinajstić information content (AvgIpc) is 1.53. The summed E-state index contributed by atoms with van der Waals surface area (Å²) in [7, 11) is -6.53. The Balaban J connectivity index is 0.000000122. The molecule has 5 aliphatic heterocycles. The summed E-state index contributed by atoms with van der Waals surface area (Å²) >= 11 is 37.2. The van der Waals surface area contributed by atoms with Crippen molar-refractivity contribution in [2.75, 3.05) is 130 Å².